The van der Waals surface area contributed by atoms with Crippen LogP contribution in [0.5, 0.6) is 11.8 Å². The molecule has 7 atom stereocenters. The van der Waals surface area contributed by atoms with Gasteiger partial charge in [-0.1, -0.05) is 37.3 Å². The SMILES string of the molecule is CC[C@@H]1O[C@@H](C)CC/C=C\[C@@H]2C[C@@]2(C(=O)NS(=O)(=O)C2(C)CC2)NC(=O)[C@@H]2C[C@@H](Oc3nc4c(c5ccccc35)CCCO4)CN2C(=O)[C@H]1NC(=O)OC(C)(C)C(F)(F)F. The average molecular weight is 864 g/mol. The molecule has 19 heteroatoms. The zero-order valence-corrected chi connectivity index (χ0v) is 35.0. The van der Waals surface area contributed by atoms with Gasteiger partial charge in [0.05, 0.1) is 30.1 Å². The Kier molecular flexibility index (Phi) is 11.6. The number of carbonyl (C=O) groups is 4. The minimum Gasteiger partial charge on any atom is -0.477 e. The molecule has 5 aliphatic rings. The summed E-state index contributed by atoms with van der Waals surface area (Å²) < 4.78 is 92.5. The van der Waals surface area contributed by atoms with Gasteiger partial charge in [-0.2, -0.15) is 18.2 Å². The third-order valence-electron chi connectivity index (χ3n) is 12.3. The number of rotatable bonds is 8. The Bertz CT molecular complexity index is 2180. The first-order valence-corrected chi connectivity index (χ1v) is 22.0. The molecular formula is C41H52F3N5O10S. The lowest BCUT2D eigenvalue weighted by Gasteiger charge is -2.35. The van der Waals surface area contributed by atoms with Crippen LogP contribution in [0.3, 0.4) is 0 Å². The minimum absolute atomic E-state index is 0.0773. The van der Waals surface area contributed by atoms with Gasteiger partial charge in [0.2, 0.25) is 39.2 Å². The Morgan fingerprint density at radius 3 is 2.53 bits per heavy atom. The number of alkyl halides is 3. The van der Waals surface area contributed by atoms with E-state index in [0.717, 1.165) is 28.7 Å². The van der Waals surface area contributed by atoms with E-state index in [-0.39, 0.29) is 31.7 Å². The van der Waals surface area contributed by atoms with Crippen molar-refractivity contribution in [3.05, 3.63) is 42.0 Å². The summed E-state index contributed by atoms with van der Waals surface area (Å²) in [6.45, 7) is 6.50. The van der Waals surface area contributed by atoms with Gasteiger partial charge < -0.3 is 34.5 Å². The highest BCUT2D eigenvalue weighted by atomic mass is 32.2. The molecule has 2 aliphatic carbocycles. The van der Waals surface area contributed by atoms with Crippen molar-refractivity contribution in [1.82, 2.24) is 25.2 Å². The number of hydrogen-bond acceptors (Lipinski definition) is 11. The number of sulfonamides is 1. The first kappa shape index (κ1) is 43.4. The van der Waals surface area contributed by atoms with Crippen molar-refractivity contribution in [2.24, 2.45) is 5.92 Å². The topological polar surface area (TPSA) is 192 Å². The summed E-state index contributed by atoms with van der Waals surface area (Å²) >= 11 is 0. The van der Waals surface area contributed by atoms with Crippen molar-refractivity contribution in [2.45, 2.75) is 145 Å². The molecule has 1 aromatic carbocycles. The van der Waals surface area contributed by atoms with Gasteiger partial charge in [0, 0.05) is 23.3 Å². The fraction of sp³-hybridized carbons (Fsp3) is 0.634. The average Bonchev–Trinajstić information content (AvgIpc) is 4.07. The Labute approximate surface area is 346 Å². The molecule has 7 rings (SSSR count). The zero-order valence-electron chi connectivity index (χ0n) is 34.2. The molecule has 2 saturated carbocycles. The van der Waals surface area contributed by atoms with Crippen LogP contribution in [-0.2, 0) is 40.3 Å². The Morgan fingerprint density at radius 2 is 1.85 bits per heavy atom. The minimum atomic E-state index is -4.94. The lowest BCUT2D eigenvalue weighted by Crippen LogP contribution is -2.61. The molecule has 2 aromatic rings. The number of hydrogen-bond donors (Lipinski definition) is 3. The van der Waals surface area contributed by atoms with Crippen molar-refractivity contribution in [1.29, 1.82) is 0 Å². The second-order valence-electron chi connectivity index (χ2n) is 17.3. The molecule has 0 unspecified atom stereocenters. The number of fused-ring (bicyclic) bond motifs is 5. The number of nitrogens with one attached hydrogen (secondary N) is 3. The lowest BCUT2D eigenvalue weighted by atomic mass is 10.0. The van der Waals surface area contributed by atoms with Gasteiger partial charge in [0.25, 0.3) is 5.91 Å². The second-order valence-corrected chi connectivity index (χ2v) is 19.5. The van der Waals surface area contributed by atoms with Crippen LogP contribution in [0, 0.1) is 5.92 Å². The van der Waals surface area contributed by atoms with Gasteiger partial charge in [0.1, 0.15) is 23.7 Å². The molecule has 15 nitrogen and oxygen atoms in total. The highest BCUT2D eigenvalue weighted by Gasteiger charge is 2.63. The molecule has 0 spiro atoms. The summed E-state index contributed by atoms with van der Waals surface area (Å²) in [7, 11) is -4.10. The quantitative estimate of drug-likeness (QED) is 0.311. The van der Waals surface area contributed by atoms with Crippen LogP contribution in [0.2, 0.25) is 0 Å². The van der Waals surface area contributed by atoms with E-state index in [1.165, 1.54) is 6.92 Å². The second kappa shape index (κ2) is 16.0. The number of halogens is 3. The summed E-state index contributed by atoms with van der Waals surface area (Å²) in [5.74, 6) is -2.60. The van der Waals surface area contributed by atoms with Crippen LogP contribution < -0.4 is 24.8 Å². The maximum absolute atomic E-state index is 14.9. The fourth-order valence-corrected chi connectivity index (χ4v) is 9.35. The van der Waals surface area contributed by atoms with Crippen LogP contribution in [0.15, 0.2) is 36.4 Å². The Balaban J connectivity index is 1.25. The van der Waals surface area contributed by atoms with Crippen molar-refractivity contribution in [3.8, 4) is 11.8 Å². The number of benzene rings is 1. The summed E-state index contributed by atoms with van der Waals surface area (Å²) in [5, 5.41) is 6.64. The number of alkyl carbamates (subject to hydrolysis) is 1. The van der Waals surface area contributed by atoms with Crippen molar-refractivity contribution in [3.63, 3.8) is 0 Å². The molecule has 3 fully saturated rings. The molecule has 1 saturated heterocycles. The molecule has 328 valence electrons. The van der Waals surface area contributed by atoms with Crippen LogP contribution in [0.4, 0.5) is 18.0 Å². The van der Waals surface area contributed by atoms with E-state index in [2.05, 4.69) is 20.3 Å². The summed E-state index contributed by atoms with van der Waals surface area (Å²) in [6, 6.07) is 4.43. The van der Waals surface area contributed by atoms with E-state index in [0.29, 0.717) is 57.4 Å². The number of amides is 4. The molecule has 0 radical (unpaired) electrons. The Hall–Kier alpha value is -4.65. The number of aromatic nitrogens is 1. The highest BCUT2D eigenvalue weighted by Crippen LogP contribution is 2.48. The van der Waals surface area contributed by atoms with E-state index in [1.807, 2.05) is 24.3 Å². The number of carbonyl (C=O) groups excluding carboxylic acids is 4. The maximum Gasteiger partial charge on any atom is 0.427 e. The van der Waals surface area contributed by atoms with E-state index < -0.39 is 92.2 Å². The molecule has 4 heterocycles. The molecule has 0 bridgehead atoms. The molecular weight excluding hydrogens is 812 g/mol. The number of nitrogens with zero attached hydrogens (tertiary/aromatic N) is 2. The zero-order chi connectivity index (χ0) is 43.4. The van der Waals surface area contributed by atoms with Gasteiger partial charge in [0.15, 0.2) is 0 Å². The largest absolute Gasteiger partial charge is 0.477 e. The maximum atomic E-state index is 14.9. The van der Waals surface area contributed by atoms with E-state index in [4.69, 9.17) is 18.9 Å². The third kappa shape index (κ3) is 8.47. The lowest BCUT2D eigenvalue weighted by molar-refractivity contribution is -0.244. The van der Waals surface area contributed by atoms with Crippen LogP contribution >= 0.6 is 0 Å². The number of pyridine rings is 1. The normalized spacial score (nSPS) is 29.9. The van der Waals surface area contributed by atoms with Gasteiger partial charge in [-0.25, -0.2) is 13.2 Å². The van der Waals surface area contributed by atoms with Crippen molar-refractivity contribution < 1.29 is 59.7 Å². The van der Waals surface area contributed by atoms with Crippen LogP contribution in [0.25, 0.3) is 10.8 Å². The Morgan fingerprint density at radius 1 is 1.13 bits per heavy atom. The van der Waals surface area contributed by atoms with Gasteiger partial charge in [-0.05, 0) is 90.5 Å². The number of ether oxygens (including phenoxy) is 4. The molecule has 3 N–H and O–H groups in total. The molecule has 1 aromatic heterocycles. The van der Waals surface area contributed by atoms with E-state index in [9.17, 15) is 40.8 Å². The van der Waals surface area contributed by atoms with Gasteiger partial charge >= 0.3 is 12.3 Å². The molecule has 4 amide bonds. The first-order chi connectivity index (χ1) is 28.2. The summed E-state index contributed by atoms with van der Waals surface area (Å²) in [5.41, 5.74) is -3.68. The predicted molar refractivity (Wildman–Crippen MR) is 210 cm³/mol. The fourth-order valence-electron chi connectivity index (χ4n) is 8.04. The first-order valence-electron chi connectivity index (χ1n) is 20.5. The van der Waals surface area contributed by atoms with Crippen LogP contribution in [0.1, 0.15) is 91.5 Å². The van der Waals surface area contributed by atoms with E-state index >= 15 is 0 Å². The monoisotopic (exact) mass is 863 g/mol. The molecule has 60 heavy (non-hydrogen) atoms. The highest BCUT2D eigenvalue weighted by molar-refractivity contribution is 7.91. The predicted octanol–water partition coefficient (Wildman–Crippen LogP) is 4.75. The van der Waals surface area contributed by atoms with Gasteiger partial charge in [-0.3, -0.25) is 19.1 Å². The van der Waals surface area contributed by atoms with Crippen molar-refractivity contribution >= 4 is 44.6 Å². The van der Waals surface area contributed by atoms with Crippen molar-refractivity contribution in [2.75, 3.05) is 13.2 Å². The van der Waals surface area contributed by atoms with Gasteiger partial charge in [-0.15, -0.1) is 0 Å². The summed E-state index contributed by atoms with van der Waals surface area (Å²) in [6.07, 6.45) is -2.31. The summed E-state index contributed by atoms with van der Waals surface area (Å²) in [4.78, 5) is 62.6. The third-order valence-corrected chi connectivity index (χ3v) is 14.5. The van der Waals surface area contributed by atoms with Crippen LogP contribution in [-0.4, -0.2) is 108 Å². The standard InChI is InChI=1S/C41H52F3N5O10S/c1-6-30-31(45-37(53)59-38(3,4)41(42,43)44)35(51)49-22-25(58-34-28-15-10-9-14-26(28)27-16-11-19-56-33(27)46-34)20-29(49)32(50)47-40(21-24(40)13-8-7-12-23(2)57-30)36(52)48-60(54,55)39(5)17-18-39/h8-10,13-15,23-25,29-31H,6-7,11-12,16-22H2,1-5H3,(H,45,53)(H,47,50)(H,48,52)/b13-8-/t23-,24+,25+,29-,30-,31-,40+/m0/s1. The van der Waals surface area contributed by atoms with E-state index in [1.54, 1.807) is 26.0 Å². The number of aryl methyl sites for hydroxylation is 1. The number of allylic oxidation sites excluding steroid dienone is 1. The smallest absolute Gasteiger partial charge is 0.427 e. The molecule has 3 aliphatic heterocycles.